The number of hydrogen-bond donors (Lipinski definition) is 5. The molecule has 2 aromatic heterocycles. The van der Waals surface area contributed by atoms with Crippen molar-refractivity contribution in [3.05, 3.63) is 60.0 Å². The molecule has 3 fully saturated rings. The fourth-order valence-electron chi connectivity index (χ4n) is 13.1. The summed E-state index contributed by atoms with van der Waals surface area (Å²) in [7, 11) is 10.9. The van der Waals surface area contributed by atoms with Crippen molar-refractivity contribution in [2.75, 3.05) is 75.3 Å². The van der Waals surface area contributed by atoms with Gasteiger partial charge in [-0.15, -0.1) is 5.10 Å². The van der Waals surface area contributed by atoms with Gasteiger partial charge in [0.2, 0.25) is 5.88 Å². The van der Waals surface area contributed by atoms with Crippen molar-refractivity contribution in [3.8, 4) is 17.0 Å². The first-order chi connectivity index (χ1) is 38.6. The van der Waals surface area contributed by atoms with Crippen LogP contribution in [-0.2, 0) is 39.6 Å². The Labute approximate surface area is 486 Å². The number of likely N-dealkylation sites (N-methyl/N-ethyl adjacent to an activating group) is 2. The van der Waals surface area contributed by atoms with Crippen LogP contribution >= 0.6 is 0 Å². The number of pyridine rings is 1. The normalized spacial score (nSPS) is 36.6. The molecule has 20 atom stereocenters. The number of carbonyl (C=O) groups excluding carboxylic acids is 1. The molecule has 0 bridgehead atoms. The molecule has 0 amide bonds. The van der Waals surface area contributed by atoms with E-state index >= 15 is 4.39 Å². The molecular formula is C61H100FN7O13. The maximum atomic E-state index is 15.1. The quantitative estimate of drug-likeness (QED) is 0.0677. The average molecular weight is 1160 g/mol. The van der Waals surface area contributed by atoms with Gasteiger partial charge >= 0.3 is 5.97 Å². The highest BCUT2D eigenvalue weighted by atomic mass is 19.1. The smallest absolute Gasteiger partial charge is 0.309 e. The van der Waals surface area contributed by atoms with Gasteiger partial charge in [0.15, 0.2) is 6.29 Å². The van der Waals surface area contributed by atoms with Crippen molar-refractivity contribution < 1.29 is 67.9 Å². The third kappa shape index (κ3) is 16.0. The highest BCUT2D eigenvalue weighted by Gasteiger charge is 2.55. The zero-order valence-corrected chi connectivity index (χ0v) is 51.7. The summed E-state index contributed by atoms with van der Waals surface area (Å²) in [5.41, 5.74) is -1.31. The Bertz CT molecular complexity index is 2420. The van der Waals surface area contributed by atoms with Gasteiger partial charge in [0.1, 0.15) is 48.8 Å². The second kappa shape index (κ2) is 29.1. The van der Waals surface area contributed by atoms with Gasteiger partial charge in [-0.1, -0.05) is 57.2 Å². The van der Waals surface area contributed by atoms with Crippen LogP contribution in [-0.4, -0.2) is 226 Å². The molecule has 1 aromatic carbocycles. The highest BCUT2D eigenvalue weighted by Crippen LogP contribution is 2.45. The van der Waals surface area contributed by atoms with Crippen molar-refractivity contribution in [2.45, 2.75) is 204 Å². The number of halogens is 1. The van der Waals surface area contributed by atoms with Crippen LogP contribution in [0.3, 0.4) is 0 Å². The van der Waals surface area contributed by atoms with Crippen molar-refractivity contribution in [1.82, 2.24) is 34.7 Å². The molecular weight excluding hydrogens is 1060 g/mol. The average Bonchev–Trinajstić information content (AvgIpc) is 3.65. The van der Waals surface area contributed by atoms with E-state index in [9.17, 15) is 30.3 Å². The SMILES string of the molecule is CC[C@H]1OC(=O)[C@H](C)C([C@H]2C[C@@](C)(OC)[C@@H](O)[C@H](C)O2)[C@H](C)[C@@H](O[C@@H]2O[C@H](C)C[C@H](N(C)CCc3cn([C@H](CF)[C@H](OC)c4ccc(-c5ccc(OCCCN(C)C)nc5)cc4)nn3)[C@H]2O)[C@](C)(O)C[C@@H](C)CN(C)[C@H](C)[C@@H](O)[C@]1(C)O. The third-order valence-corrected chi connectivity index (χ3v) is 18.2. The van der Waals surface area contributed by atoms with Gasteiger partial charge in [0.05, 0.1) is 53.8 Å². The Morgan fingerprint density at radius 1 is 0.915 bits per heavy atom. The monoisotopic (exact) mass is 1160 g/mol. The number of aliphatic hydroxyl groups is 5. The predicted octanol–water partition coefficient (Wildman–Crippen LogP) is 5.67. The maximum Gasteiger partial charge on any atom is 0.309 e. The van der Waals surface area contributed by atoms with Crippen LogP contribution in [0.1, 0.15) is 125 Å². The molecule has 3 aromatic rings. The van der Waals surface area contributed by atoms with Gasteiger partial charge in [0, 0.05) is 88.7 Å². The Morgan fingerprint density at radius 3 is 2.21 bits per heavy atom. The van der Waals surface area contributed by atoms with Gasteiger partial charge in [-0.3, -0.25) is 4.79 Å². The number of methoxy groups -OCH3 is 2. The van der Waals surface area contributed by atoms with Crippen molar-refractivity contribution in [1.29, 1.82) is 0 Å². The van der Waals surface area contributed by atoms with E-state index in [2.05, 4.69) is 20.2 Å². The van der Waals surface area contributed by atoms with E-state index in [0.717, 1.165) is 29.7 Å². The second-order valence-corrected chi connectivity index (χ2v) is 25.1. The molecule has 5 heterocycles. The summed E-state index contributed by atoms with van der Waals surface area (Å²) in [5.74, 6) is -2.72. The molecule has 464 valence electrons. The minimum absolute atomic E-state index is 0.168. The largest absolute Gasteiger partial charge is 0.478 e. The van der Waals surface area contributed by atoms with E-state index in [1.165, 1.54) is 18.7 Å². The summed E-state index contributed by atoms with van der Waals surface area (Å²) in [5, 5.41) is 69.3. The Morgan fingerprint density at radius 2 is 1.60 bits per heavy atom. The molecule has 3 saturated heterocycles. The van der Waals surface area contributed by atoms with Crippen LogP contribution in [0.4, 0.5) is 4.39 Å². The van der Waals surface area contributed by atoms with Crippen LogP contribution in [0.5, 0.6) is 5.88 Å². The lowest BCUT2D eigenvalue weighted by Gasteiger charge is -2.51. The van der Waals surface area contributed by atoms with E-state index < -0.39 is 127 Å². The molecule has 5 N–H and O–H groups in total. The number of ether oxygens (including phenoxy) is 7. The Kier molecular flexibility index (Phi) is 23.9. The first-order valence-electron chi connectivity index (χ1n) is 29.6. The highest BCUT2D eigenvalue weighted by molar-refractivity contribution is 5.73. The summed E-state index contributed by atoms with van der Waals surface area (Å²) in [4.78, 5) is 25.2. The fraction of sp³-hybridized carbons (Fsp3) is 0.770. The lowest BCUT2D eigenvalue weighted by molar-refractivity contribution is -0.302. The van der Waals surface area contributed by atoms with Crippen LogP contribution in [0.15, 0.2) is 48.8 Å². The van der Waals surface area contributed by atoms with Crippen LogP contribution in [0, 0.1) is 23.7 Å². The summed E-state index contributed by atoms with van der Waals surface area (Å²) in [6.45, 7) is 19.4. The number of aliphatic hydroxyl groups excluding tert-OH is 3. The number of rotatable bonds is 20. The van der Waals surface area contributed by atoms with Crippen LogP contribution in [0.25, 0.3) is 11.1 Å². The number of hydrogen-bond acceptors (Lipinski definition) is 19. The Balaban J connectivity index is 1.21. The number of aromatic nitrogens is 4. The van der Waals surface area contributed by atoms with E-state index in [1.54, 1.807) is 61.0 Å². The Hall–Kier alpha value is -3.81. The topological polar surface area (TPSA) is 236 Å². The number of esters is 1. The molecule has 0 spiro atoms. The summed E-state index contributed by atoms with van der Waals surface area (Å²) in [6.07, 6.45) is -3.67. The van der Waals surface area contributed by atoms with E-state index in [4.69, 9.17) is 33.2 Å². The molecule has 21 heteroatoms. The van der Waals surface area contributed by atoms with Crippen molar-refractivity contribution >= 4 is 5.97 Å². The fourth-order valence-corrected chi connectivity index (χ4v) is 13.1. The van der Waals surface area contributed by atoms with Gasteiger partial charge in [-0.25, -0.2) is 14.1 Å². The molecule has 6 rings (SSSR count). The lowest BCUT2D eigenvalue weighted by Crippen LogP contribution is -2.62. The molecule has 20 nitrogen and oxygen atoms in total. The van der Waals surface area contributed by atoms with Crippen LogP contribution < -0.4 is 4.74 Å². The standard InChI is InChI=1S/C61H100FN7O13/c1-17-49-61(10,75)54(71)40(6)68(14)34-36(2)30-59(8,74)56(38(4)51(39(5)57(73)81-49)48-31-60(9,77-16)55(72)41(7)80-48)82-58-52(70)46(29-37(3)79-58)67(13)27-25-45-35-69(65-64-45)47(32-62)53(76-15)43-21-19-42(20-22-43)44-23-24-50(63-33-44)78-28-18-26-66(11)12/h19-24,33,35-41,46-49,51-56,58,70-72,74-75H,17-18,25-32,34H2,1-16H3/t36-,37-,38+,39-,40-,41+,46+,47-,48-,49-,51?,52-,53-,54-,55+,56-,58+,59-,60-,61-/m1/s1. The third-order valence-electron chi connectivity index (χ3n) is 18.2. The minimum Gasteiger partial charge on any atom is -0.478 e. The first kappa shape index (κ1) is 67.3. The molecule has 0 saturated carbocycles. The molecule has 0 radical (unpaired) electrons. The molecule has 3 aliphatic rings. The first-order valence-corrected chi connectivity index (χ1v) is 29.6. The summed E-state index contributed by atoms with van der Waals surface area (Å²) < 4.78 is 60.6. The summed E-state index contributed by atoms with van der Waals surface area (Å²) in [6, 6.07) is 9.68. The van der Waals surface area contributed by atoms with Gasteiger partial charge < -0.3 is 73.4 Å². The molecule has 1 unspecified atom stereocenters. The molecule has 0 aliphatic carbocycles. The zero-order valence-electron chi connectivity index (χ0n) is 51.7. The molecule has 3 aliphatic heterocycles. The van der Waals surface area contributed by atoms with Gasteiger partial charge in [-0.2, -0.15) is 0 Å². The number of benzene rings is 1. The number of carbonyl (C=O) groups is 1. The number of cyclic esters (lactones) is 1. The van der Waals surface area contributed by atoms with E-state index in [1.807, 2.05) is 95.2 Å². The van der Waals surface area contributed by atoms with Gasteiger partial charge in [0.25, 0.3) is 0 Å². The van der Waals surface area contributed by atoms with Crippen LogP contribution in [0.2, 0.25) is 0 Å². The number of alkyl halides is 1. The summed E-state index contributed by atoms with van der Waals surface area (Å²) >= 11 is 0. The number of nitrogens with zero attached hydrogens (tertiary/aromatic N) is 7. The minimum atomic E-state index is -1.84. The van der Waals surface area contributed by atoms with E-state index in [-0.39, 0.29) is 25.2 Å². The van der Waals surface area contributed by atoms with Crippen molar-refractivity contribution in [3.63, 3.8) is 0 Å². The maximum absolute atomic E-state index is 15.1. The molecule has 82 heavy (non-hydrogen) atoms. The predicted molar refractivity (Wildman–Crippen MR) is 309 cm³/mol. The van der Waals surface area contributed by atoms with Gasteiger partial charge in [-0.05, 0) is 124 Å². The zero-order chi connectivity index (χ0) is 60.6. The van der Waals surface area contributed by atoms with E-state index in [0.29, 0.717) is 44.1 Å². The van der Waals surface area contributed by atoms with Crippen molar-refractivity contribution in [2.24, 2.45) is 23.7 Å². The second-order valence-electron chi connectivity index (χ2n) is 25.1. The lowest BCUT2D eigenvalue weighted by atomic mass is 9.68.